The minimum absolute atomic E-state index is 0.367. The molecule has 0 saturated heterocycles. The Hall–Kier alpha value is 0.160. The summed E-state index contributed by atoms with van der Waals surface area (Å²) in [5.41, 5.74) is 5.13. The molecule has 6 heteroatoms. The number of alkyl halides is 1. The molecule has 10 heavy (non-hydrogen) atoms. The van der Waals surface area contributed by atoms with Crippen molar-refractivity contribution in [1.82, 2.24) is 4.72 Å². The second-order valence-electron chi connectivity index (χ2n) is 1.76. The van der Waals surface area contributed by atoms with Crippen molar-refractivity contribution in [3.05, 3.63) is 0 Å². The summed E-state index contributed by atoms with van der Waals surface area (Å²) < 4.78 is 23.5. The van der Waals surface area contributed by atoms with Crippen LogP contribution in [0.5, 0.6) is 0 Å². The Morgan fingerprint density at radius 2 is 2.10 bits per heavy atom. The van der Waals surface area contributed by atoms with Gasteiger partial charge in [-0.2, -0.15) is 0 Å². The van der Waals surface area contributed by atoms with Crippen LogP contribution in [0, 0.1) is 0 Å². The van der Waals surface area contributed by atoms with E-state index < -0.39 is 15.2 Å². The first kappa shape index (κ1) is 10.2. The summed E-state index contributed by atoms with van der Waals surface area (Å²) in [5.74, 6) is 0. The van der Waals surface area contributed by atoms with E-state index in [1.165, 1.54) is 0 Å². The normalized spacial score (nSPS) is 11.8. The Balaban J connectivity index is 3.49. The minimum Gasteiger partial charge on any atom is -0.330 e. The molecule has 0 aromatic carbocycles. The van der Waals surface area contributed by atoms with Gasteiger partial charge in [0.25, 0.3) is 0 Å². The third kappa shape index (κ3) is 4.99. The molecular formula is C4H11ClN2O2S. The molecule has 0 aliphatic heterocycles. The SMILES string of the molecule is NCCCNS(=O)(=O)CCl. The summed E-state index contributed by atoms with van der Waals surface area (Å²) in [6.07, 6.45) is 0.635. The zero-order valence-corrected chi connectivity index (χ0v) is 7.08. The highest BCUT2D eigenvalue weighted by Gasteiger charge is 2.04. The molecule has 0 saturated carbocycles. The van der Waals surface area contributed by atoms with E-state index in [4.69, 9.17) is 17.3 Å². The molecule has 3 N–H and O–H groups in total. The molecular weight excluding hydrogens is 176 g/mol. The van der Waals surface area contributed by atoms with E-state index in [0.717, 1.165) is 0 Å². The highest BCUT2D eigenvalue weighted by atomic mass is 35.5. The molecule has 0 heterocycles. The summed E-state index contributed by atoms with van der Waals surface area (Å²) >= 11 is 5.09. The van der Waals surface area contributed by atoms with Gasteiger partial charge in [-0.05, 0) is 13.0 Å². The van der Waals surface area contributed by atoms with Crippen LogP contribution in [0.2, 0.25) is 0 Å². The molecule has 0 aromatic rings. The molecule has 0 amide bonds. The lowest BCUT2D eigenvalue weighted by atomic mass is 10.4. The van der Waals surface area contributed by atoms with E-state index in [9.17, 15) is 8.42 Å². The van der Waals surface area contributed by atoms with Crippen LogP contribution in [0.1, 0.15) is 6.42 Å². The number of rotatable bonds is 5. The van der Waals surface area contributed by atoms with Crippen molar-refractivity contribution in [1.29, 1.82) is 0 Å². The highest BCUT2D eigenvalue weighted by molar-refractivity contribution is 7.90. The molecule has 0 aromatic heterocycles. The molecule has 4 nitrogen and oxygen atoms in total. The number of halogens is 1. The number of hydrogen-bond acceptors (Lipinski definition) is 3. The Kier molecular flexibility index (Phi) is 4.98. The summed E-state index contributed by atoms with van der Waals surface area (Å²) in [6, 6.07) is 0. The summed E-state index contributed by atoms with van der Waals surface area (Å²) in [5, 5.41) is -0.391. The standard InChI is InChI=1S/C4H11ClN2O2S/c5-4-10(8,9)7-3-1-2-6/h7H,1-4,6H2. The molecule has 0 atom stereocenters. The number of nitrogens with two attached hydrogens (primary N) is 1. The van der Waals surface area contributed by atoms with E-state index in [2.05, 4.69) is 4.72 Å². The van der Waals surface area contributed by atoms with Crippen molar-refractivity contribution in [2.45, 2.75) is 6.42 Å². The fourth-order valence-electron chi connectivity index (χ4n) is 0.368. The lowest BCUT2D eigenvalue weighted by Crippen LogP contribution is -2.26. The predicted molar refractivity (Wildman–Crippen MR) is 41.3 cm³/mol. The van der Waals surface area contributed by atoms with E-state index in [1.807, 2.05) is 0 Å². The van der Waals surface area contributed by atoms with Crippen molar-refractivity contribution in [2.24, 2.45) is 5.73 Å². The van der Waals surface area contributed by atoms with Gasteiger partial charge in [0.1, 0.15) is 5.21 Å². The summed E-state index contributed by atoms with van der Waals surface area (Å²) in [7, 11) is -3.23. The second kappa shape index (κ2) is 4.90. The van der Waals surface area contributed by atoms with Gasteiger partial charge in [0.2, 0.25) is 10.0 Å². The molecule has 0 aliphatic carbocycles. The topological polar surface area (TPSA) is 72.2 Å². The molecule has 0 radical (unpaired) electrons. The molecule has 62 valence electrons. The monoisotopic (exact) mass is 186 g/mol. The average Bonchev–Trinajstić information content (AvgIpc) is 1.89. The van der Waals surface area contributed by atoms with Crippen molar-refractivity contribution in [3.8, 4) is 0 Å². The van der Waals surface area contributed by atoms with Gasteiger partial charge in [-0.15, -0.1) is 11.6 Å². The van der Waals surface area contributed by atoms with E-state index in [1.54, 1.807) is 0 Å². The van der Waals surface area contributed by atoms with Crippen LogP contribution in [0.15, 0.2) is 0 Å². The largest absolute Gasteiger partial charge is 0.330 e. The predicted octanol–water partition coefficient (Wildman–Crippen LogP) is -0.549. The van der Waals surface area contributed by atoms with Gasteiger partial charge in [0.15, 0.2) is 0 Å². The van der Waals surface area contributed by atoms with E-state index >= 15 is 0 Å². The van der Waals surface area contributed by atoms with Crippen LogP contribution in [0.4, 0.5) is 0 Å². The van der Waals surface area contributed by atoms with Crippen LogP contribution < -0.4 is 10.5 Å². The first-order chi connectivity index (χ1) is 4.62. The first-order valence-electron chi connectivity index (χ1n) is 2.86. The van der Waals surface area contributed by atoms with E-state index in [0.29, 0.717) is 19.5 Å². The van der Waals surface area contributed by atoms with Crippen molar-refractivity contribution < 1.29 is 8.42 Å². The molecule has 0 spiro atoms. The molecule has 0 aliphatic rings. The van der Waals surface area contributed by atoms with Gasteiger partial charge in [-0.1, -0.05) is 0 Å². The van der Waals surface area contributed by atoms with Gasteiger partial charge in [-0.25, -0.2) is 13.1 Å². The van der Waals surface area contributed by atoms with Crippen LogP contribution in [0.3, 0.4) is 0 Å². The lowest BCUT2D eigenvalue weighted by Gasteiger charge is -2.00. The van der Waals surface area contributed by atoms with E-state index in [-0.39, 0.29) is 0 Å². The molecule has 0 unspecified atom stereocenters. The molecule has 0 bridgehead atoms. The van der Waals surface area contributed by atoms with Gasteiger partial charge in [0.05, 0.1) is 0 Å². The average molecular weight is 187 g/mol. The Labute approximate surface area is 65.8 Å². The van der Waals surface area contributed by atoms with Crippen LogP contribution in [-0.4, -0.2) is 26.7 Å². The third-order valence-corrected chi connectivity index (χ3v) is 2.64. The van der Waals surface area contributed by atoms with Crippen LogP contribution in [-0.2, 0) is 10.0 Å². The zero-order valence-electron chi connectivity index (χ0n) is 5.51. The number of nitrogens with one attached hydrogen (secondary N) is 1. The van der Waals surface area contributed by atoms with Gasteiger partial charge >= 0.3 is 0 Å². The first-order valence-corrected chi connectivity index (χ1v) is 5.04. The molecule has 0 rings (SSSR count). The Morgan fingerprint density at radius 3 is 2.50 bits per heavy atom. The fraction of sp³-hybridized carbons (Fsp3) is 1.00. The van der Waals surface area contributed by atoms with Gasteiger partial charge in [0, 0.05) is 6.54 Å². The highest BCUT2D eigenvalue weighted by Crippen LogP contribution is 1.87. The summed E-state index contributed by atoms with van der Waals surface area (Å²) in [4.78, 5) is 0. The van der Waals surface area contributed by atoms with Crippen LogP contribution in [0.25, 0.3) is 0 Å². The zero-order chi connectivity index (χ0) is 8.04. The molecule has 0 fully saturated rings. The van der Waals surface area contributed by atoms with Crippen molar-refractivity contribution >= 4 is 21.6 Å². The number of hydrogen-bond donors (Lipinski definition) is 2. The Bertz CT molecular complexity index is 168. The minimum atomic E-state index is -3.23. The maximum atomic E-state index is 10.6. The second-order valence-corrected chi connectivity index (χ2v) is 4.15. The van der Waals surface area contributed by atoms with Crippen LogP contribution >= 0.6 is 11.6 Å². The fourth-order valence-corrected chi connectivity index (χ4v) is 1.13. The van der Waals surface area contributed by atoms with Gasteiger partial charge in [-0.3, -0.25) is 0 Å². The lowest BCUT2D eigenvalue weighted by molar-refractivity contribution is 0.584. The smallest absolute Gasteiger partial charge is 0.225 e. The Morgan fingerprint density at radius 1 is 1.50 bits per heavy atom. The van der Waals surface area contributed by atoms with Gasteiger partial charge < -0.3 is 5.73 Å². The third-order valence-electron chi connectivity index (χ3n) is 0.847. The number of sulfonamides is 1. The maximum Gasteiger partial charge on any atom is 0.225 e. The van der Waals surface area contributed by atoms with Crippen molar-refractivity contribution in [2.75, 3.05) is 18.3 Å². The summed E-state index contributed by atoms with van der Waals surface area (Å²) in [6.45, 7) is 0.844. The van der Waals surface area contributed by atoms with Crippen molar-refractivity contribution in [3.63, 3.8) is 0 Å². The maximum absolute atomic E-state index is 10.6. The quantitative estimate of drug-likeness (QED) is 0.447.